The van der Waals surface area contributed by atoms with Crippen molar-refractivity contribution in [1.29, 1.82) is 0 Å². The van der Waals surface area contributed by atoms with E-state index < -0.39 is 0 Å². The molecule has 0 radical (unpaired) electrons. The number of hydrogen-bond donors (Lipinski definition) is 1. The van der Waals surface area contributed by atoms with Gasteiger partial charge in [0.1, 0.15) is 6.54 Å². The first-order valence-corrected chi connectivity index (χ1v) is 6.11. The molecule has 0 saturated heterocycles. The Bertz CT molecular complexity index is 640. The van der Waals surface area contributed by atoms with E-state index >= 15 is 0 Å². The number of aryl methyl sites for hydroxylation is 2. The smallest absolute Gasteiger partial charge is 0.267 e. The molecule has 1 aromatic carbocycles. The molecule has 1 aromatic heterocycles. The van der Waals surface area contributed by atoms with Crippen molar-refractivity contribution in [3.63, 3.8) is 0 Å². The largest absolute Gasteiger partial charge is 0.350 e. The molecule has 0 atom stereocenters. The van der Waals surface area contributed by atoms with Crippen LogP contribution >= 0.6 is 0 Å². The first-order chi connectivity index (χ1) is 9.06. The molecule has 5 heteroatoms. The van der Waals surface area contributed by atoms with Crippen molar-refractivity contribution in [1.82, 2.24) is 14.7 Å². The Labute approximate surface area is 111 Å². The van der Waals surface area contributed by atoms with Gasteiger partial charge in [0, 0.05) is 25.9 Å². The third kappa shape index (κ3) is 3.34. The van der Waals surface area contributed by atoms with Crippen LogP contribution in [0.25, 0.3) is 0 Å². The first-order valence-electron chi connectivity index (χ1n) is 6.11. The van der Waals surface area contributed by atoms with Crippen molar-refractivity contribution in [3.8, 4) is 0 Å². The zero-order valence-corrected chi connectivity index (χ0v) is 11.1. The molecule has 0 unspecified atom stereocenters. The lowest BCUT2D eigenvalue weighted by Crippen LogP contribution is -2.33. The minimum atomic E-state index is -0.176. The number of rotatable bonds is 4. The summed E-state index contributed by atoms with van der Waals surface area (Å²) in [5.41, 5.74) is 2.03. The van der Waals surface area contributed by atoms with Gasteiger partial charge in [-0.15, -0.1) is 0 Å². The standard InChI is InChI=1S/C14H17N3O2/c1-11-4-3-5-12(8-11)9-15-13(18)10-17-14(19)6-7-16(17)2/h3-8H,9-10H2,1-2H3,(H,15,18). The molecular formula is C14H17N3O2. The van der Waals surface area contributed by atoms with Gasteiger partial charge in [-0.3, -0.25) is 14.3 Å². The van der Waals surface area contributed by atoms with E-state index in [4.69, 9.17) is 0 Å². The summed E-state index contributed by atoms with van der Waals surface area (Å²) in [4.78, 5) is 23.2. The minimum Gasteiger partial charge on any atom is -0.350 e. The number of hydrogen-bond acceptors (Lipinski definition) is 2. The van der Waals surface area contributed by atoms with Crippen molar-refractivity contribution in [3.05, 3.63) is 58.0 Å². The summed E-state index contributed by atoms with van der Waals surface area (Å²) in [5.74, 6) is -0.176. The van der Waals surface area contributed by atoms with Crippen LogP contribution in [0.5, 0.6) is 0 Å². The summed E-state index contributed by atoms with van der Waals surface area (Å²) in [5, 5.41) is 2.81. The maximum atomic E-state index is 11.8. The first kappa shape index (κ1) is 13.1. The van der Waals surface area contributed by atoms with Crippen LogP contribution in [-0.2, 0) is 24.9 Å². The lowest BCUT2D eigenvalue weighted by atomic mass is 10.1. The maximum absolute atomic E-state index is 11.8. The van der Waals surface area contributed by atoms with Gasteiger partial charge in [0.2, 0.25) is 5.91 Å². The number of nitrogens with one attached hydrogen (secondary N) is 1. The van der Waals surface area contributed by atoms with Crippen molar-refractivity contribution in [2.45, 2.75) is 20.0 Å². The molecule has 100 valence electrons. The van der Waals surface area contributed by atoms with Crippen LogP contribution in [0.3, 0.4) is 0 Å². The molecule has 0 aliphatic heterocycles. The molecular weight excluding hydrogens is 242 g/mol. The number of benzene rings is 1. The maximum Gasteiger partial charge on any atom is 0.267 e. The molecule has 0 spiro atoms. The third-order valence-electron chi connectivity index (χ3n) is 2.93. The molecule has 1 N–H and O–H groups in total. The monoisotopic (exact) mass is 259 g/mol. The van der Waals surface area contributed by atoms with E-state index in [0.717, 1.165) is 11.1 Å². The van der Waals surface area contributed by atoms with Gasteiger partial charge in [-0.05, 0) is 12.5 Å². The van der Waals surface area contributed by atoms with E-state index in [0.29, 0.717) is 6.54 Å². The van der Waals surface area contributed by atoms with Gasteiger partial charge < -0.3 is 5.32 Å². The molecule has 0 saturated carbocycles. The van der Waals surface area contributed by atoms with Crippen LogP contribution in [0, 0.1) is 6.92 Å². The van der Waals surface area contributed by atoms with E-state index in [9.17, 15) is 9.59 Å². The van der Waals surface area contributed by atoms with Gasteiger partial charge in [0.25, 0.3) is 5.56 Å². The quantitative estimate of drug-likeness (QED) is 0.883. The Balaban J connectivity index is 1.94. The Hall–Kier alpha value is -2.30. The van der Waals surface area contributed by atoms with Crippen LogP contribution in [-0.4, -0.2) is 15.3 Å². The fourth-order valence-corrected chi connectivity index (χ4v) is 1.90. The van der Waals surface area contributed by atoms with Crippen LogP contribution in [0.4, 0.5) is 0 Å². The molecule has 1 heterocycles. The van der Waals surface area contributed by atoms with Gasteiger partial charge in [0.15, 0.2) is 0 Å². The molecule has 0 aliphatic rings. The zero-order chi connectivity index (χ0) is 13.8. The van der Waals surface area contributed by atoms with Crippen molar-refractivity contribution in [2.24, 2.45) is 7.05 Å². The second kappa shape index (κ2) is 5.56. The number of nitrogens with zero attached hydrogens (tertiary/aromatic N) is 2. The molecule has 0 aliphatic carbocycles. The van der Waals surface area contributed by atoms with Gasteiger partial charge in [0.05, 0.1) is 0 Å². The molecule has 19 heavy (non-hydrogen) atoms. The Morgan fingerprint density at radius 3 is 2.74 bits per heavy atom. The van der Waals surface area contributed by atoms with E-state index in [2.05, 4.69) is 5.32 Å². The van der Waals surface area contributed by atoms with Crippen molar-refractivity contribution in [2.75, 3.05) is 0 Å². The molecule has 0 bridgehead atoms. The van der Waals surface area contributed by atoms with E-state index in [1.54, 1.807) is 17.9 Å². The van der Waals surface area contributed by atoms with Gasteiger partial charge in [-0.2, -0.15) is 0 Å². The average molecular weight is 259 g/mol. The number of carbonyl (C=O) groups is 1. The normalized spacial score (nSPS) is 10.4. The Morgan fingerprint density at radius 1 is 1.32 bits per heavy atom. The van der Waals surface area contributed by atoms with Crippen LogP contribution in [0.1, 0.15) is 11.1 Å². The van der Waals surface area contributed by atoms with E-state index in [-0.39, 0.29) is 18.0 Å². The highest BCUT2D eigenvalue weighted by atomic mass is 16.2. The Morgan fingerprint density at radius 2 is 2.11 bits per heavy atom. The second-order valence-corrected chi connectivity index (χ2v) is 4.55. The van der Waals surface area contributed by atoms with Gasteiger partial charge in [-0.25, -0.2) is 4.68 Å². The van der Waals surface area contributed by atoms with Crippen molar-refractivity contribution >= 4 is 5.91 Å². The van der Waals surface area contributed by atoms with Crippen LogP contribution in [0.2, 0.25) is 0 Å². The topological polar surface area (TPSA) is 56.0 Å². The number of amides is 1. The molecule has 2 aromatic rings. The lowest BCUT2D eigenvalue weighted by Gasteiger charge is -2.08. The fraction of sp³-hybridized carbons (Fsp3) is 0.286. The zero-order valence-electron chi connectivity index (χ0n) is 11.1. The highest BCUT2D eigenvalue weighted by Crippen LogP contribution is 2.03. The fourth-order valence-electron chi connectivity index (χ4n) is 1.90. The number of aromatic nitrogens is 2. The molecule has 2 rings (SSSR count). The molecule has 5 nitrogen and oxygen atoms in total. The summed E-state index contributed by atoms with van der Waals surface area (Å²) in [6.07, 6.45) is 1.64. The van der Waals surface area contributed by atoms with E-state index in [1.807, 2.05) is 31.2 Å². The highest BCUT2D eigenvalue weighted by molar-refractivity contribution is 5.75. The summed E-state index contributed by atoms with van der Waals surface area (Å²) in [7, 11) is 1.73. The predicted molar refractivity (Wildman–Crippen MR) is 72.7 cm³/mol. The van der Waals surface area contributed by atoms with E-state index in [1.165, 1.54) is 10.7 Å². The molecule has 1 amide bonds. The summed E-state index contributed by atoms with van der Waals surface area (Å²) >= 11 is 0. The predicted octanol–water partition coefficient (Wildman–Crippen LogP) is 0.812. The minimum absolute atomic E-state index is 0.0359. The molecule has 0 fully saturated rings. The second-order valence-electron chi connectivity index (χ2n) is 4.55. The highest BCUT2D eigenvalue weighted by Gasteiger charge is 2.06. The SMILES string of the molecule is Cc1cccc(CNC(=O)Cn2c(=O)ccn2C)c1. The lowest BCUT2D eigenvalue weighted by molar-refractivity contribution is -0.122. The van der Waals surface area contributed by atoms with Crippen LogP contribution in [0.15, 0.2) is 41.3 Å². The van der Waals surface area contributed by atoms with Gasteiger partial charge in [-0.1, -0.05) is 29.8 Å². The summed E-state index contributed by atoms with van der Waals surface area (Å²) in [6.45, 7) is 2.52. The summed E-state index contributed by atoms with van der Waals surface area (Å²) in [6, 6.07) is 9.39. The third-order valence-corrected chi connectivity index (χ3v) is 2.93. The number of carbonyl (C=O) groups excluding carboxylic acids is 1. The average Bonchev–Trinajstić information content (AvgIpc) is 2.68. The Kier molecular flexibility index (Phi) is 3.85. The van der Waals surface area contributed by atoms with Crippen LogP contribution < -0.4 is 10.9 Å². The van der Waals surface area contributed by atoms with Crippen molar-refractivity contribution < 1.29 is 4.79 Å². The summed E-state index contributed by atoms with van der Waals surface area (Å²) < 4.78 is 2.99. The van der Waals surface area contributed by atoms with Gasteiger partial charge >= 0.3 is 0 Å².